The van der Waals surface area contributed by atoms with Crippen LogP contribution >= 0.6 is 0 Å². The largest absolute Gasteiger partial charge is 0.481 e. The van der Waals surface area contributed by atoms with Crippen molar-refractivity contribution in [2.24, 2.45) is 5.92 Å². The number of hydrogen-bond acceptors (Lipinski definition) is 3. The summed E-state index contributed by atoms with van der Waals surface area (Å²) in [5.74, 6) is -1.35. The van der Waals surface area contributed by atoms with Crippen LogP contribution < -0.4 is 5.32 Å². The average molecular weight is 271 g/mol. The van der Waals surface area contributed by atoms with E-state index in [0.29, 0.717) is 12.5 Å². The van der Waals surface area contributed by atoms with Crippen molar-refractivity contribution in [1.82, 2.24) is 15.1 Å². The molecule has 0 saturated carbocycles. The van der Waals surface area contributed by atoms with E-state index in [9.17, 15) is 9.59 Å². The van der Waals surface area contributed by atoms with Crippen molar-refractivity contribution < 1.29 is 14.7 Å². The number of aliphatic carboxylic acids is 1. The van der Waals surface area contributed by atoms with Crippen molar-refractivity contribution >= 4 is 12.0 Å². The fourth-order valence-electron chi connectivity index (χ4n) is 2.31. The summed E-state index contributed by atoms with van der Waals surface area (Å²) in [6.07, 6.45) is 2.46. The van der Waals surface area contributed by atoms with Gasteiger partial charge in [0.2, 0.25) is 0 Å². The summed E-state index contributed by atoms with van der Waals surface area (Å²) >= 11 is 0. The van der Waals surface area contributed by atoms with Crippen LogP contribution in [-0.2, 0) is 4.79 Å². The van der Waals surface area contributed by atoms with Crippen LogP contribution in [0.25, 0.3) is 0 Å². The first kappa shape index (κ1) is 15.8. The van der Waals surface area contributed by atoms with Crippen LogP contribution in [0.15, 0.2) is 0 Å². The van der Waals surface area contributed by atoms with Gasteiger partial charge in [0, 0.05) is 25.7 Å². The molecule has 0 spiro atoms. The number of urea groups is 1. The van der Waals surface area contributed by atoms with Crippen LogP contribution in [0, 0.1) is 5.92 Å². The van der Waals surface area contributed by atoms with Gasteiger partial charge in [-0.25, -0.2) is 4.79 Å². The maximum atomic E-state index is 11.9. The van der Waals surface area contributed by atoms with Gasteiger partial charge in [-0.15, -0.1) is 0 Å². The van der Waals surface area contributed by atoms with Crippen molar-refractivity contribution in [1.29, 1.82) is 0 Å². The number of rotatable bonds is 5. The van der Waals surface area contributed by atoms with Crippen LogP contribution in [0.1, 0.15) is 26.2 Å². The molecule has 0 radical (unpaired) electrons. The number of hydrogen-bond donors (Lipinski definition) is 2. The lowest BCUT2D eigenvalue weighted by molar-refractivity contribution is -0.141. The molecule has 1 atom stereocenters. The summed E-state index contributed by atoms with van der Waals surface area (Å²) in [4.78, 5) is 26.8. The monoisotopic (exact) mass is 271 g/mol. The third kappa shape index (κ3) is 4.70. The van der Waals surface area contributed by atoms with Crippen LogP contribution in [-0.4, -0.2) is 66.7 Å². The van der Waals surface area contributed by atoms with Gasteiger partial charge in [0.1, 0.15) is 0 Å². The second-order valence-electron chi connectivity index (χ2n) is 5.31. The maximum Gasteiger partial charge on any atom is 0.317 e. The molecule has 1 saturated heterocycles. The van der Waals surface area contributed by atoms with Crippen molar-refractivity contribution in [3.8, 4) is 0 Å². The number of carbonyl (C=O) groups is 2. The Bertz CT molecular complexity index is 312. The predicted molar refractivity (Wildman–Crippen MR) is 73.1 cm³/mol. The van der Waals surface area contributed by atoms with Crippen LogP contribution in [0.5, 0.6) is 0 Å². The molecule has 1 aliphatic heterocycles. The first-order valence-corrected chi connectivity index (χ1v) is 6.87. The molecule has 1 heterocycles. The summed E-state index contributed by atoms with van der Waals surface area (Å²) in [7, 11) is 4.11. The zero-order valence-electron chi connectivity index (χ0n) is 12.1. The van der Waals surface area contributed by atoms with Gasteiger partial charge in [0.15, 0.2) is 0 Å². The molecule has 2 N–H and O–H groups in total. The van der Waals surface area contributed by atoms with Gasteiger partial charge >= 0.3 is 12.0 Å². The van der Waals surface area contributed by atoms with E-state index in [1.807, 2.05) is 6.92 Å². The number of nitrogens with zero attached hydrogens (tertiary/aromatic N) is 2. The minimum absolute atomic E-state index is 0.142. The molecule has 1 rings (SSSR count). The third-order valence-electron chi connectivity index (χ3n) is 3.82. The lowest BCUT2D eigenvalue weighted by Gasteiger charge is -2.35. The molecule has 0 bridgehead atoms. The summed E-state index contributed by atoms with van der Waals surface area (Å²) in [6, 6.07) is 0.392. The van der Waals surface area contributed by atoms with E-state index in [-0.39, 0.29) is 12.6 Å². The molecule has 1 fully saturated rings. The van der Waals surface area contributed by atoms with E-state index in [1.54, 1.807) is 4.90 Å². The molecule has 6 nitrogen and oxygen atoms in total. The molecule has 2 amide bonds. The van der Waals surface area contributed by atoms with Crippen LogP contribution in [0.2, 0.25) is 0 Å². The average Bonchev–Trinajstić information content (AvgIpc) is 2.38. The molecule has 110 valence electrons. The number of carbonyl (C=O) groups excluding carboxylic acids is 1. The smallest absolute Gasteiger partial charge is 0.317 e. The SMILES string of the molecule is CCC(CNC(=O)N1CCC(N(C)C)CC1)C(=O)O. The van der Waals surface area contributed by atoms with Crippen molar-refractivity contribution in [2.45, 2.75) is 32.2 Å². The van der Waals surface area contributed by atoms with Crippen molar-refractivity contribution in [2.75, 3.05) is 33.7 Å². The van der Waals surface area contributed by atoms with E-state index in [4.69, 9.17) is 5.11 Å². The Morgan fingerprint density at radius 3 is 2.37 bits per heavy atom. The third-order valence-corrected chi connectivity index (χ3v) is 3.82. The van der Waals surface area contributed by atoms with Gasteiger partial charge in [-0.05, 0) is 33.4 Å². The number of likely N-dealkylation sites (tertiary alicyclic amines) is 1. The lowest BCUT2D eigenvalue weighted by Crippen LogP contribution is -2.49. The van der Waals surface area contributed by atoms with E-state index >= 15 is 0 Å². The summed E-state index contributed by atoms with van der Waals surface area (Å²) in [5.41, 5.74) is 0. The van der Waals surface area contributed by atoms with Crippen molar-refractivity contribution in [3.63, 3.8) is 0 Å². The molecule has 1 aliphatic rings. The number of piperidine rings is 1. The first-order valence-electron chi connectivity index (χ1n) is 6.87. The molecule has 6 heteroatoms. The second kappa shape index (κ2) is 7.33. The predicted octanol–water partition coefficient (Wildman–Crippen LogP) is 0.833. The molecular formula is C13H25N3O3. The highest BCUT2D eigenvalue weighted by Gasteiger charge is 2.24. The Balaban J connectivity index is 2.33. The summed E-state index contributed by atoms with van der Waals surface area (Å²) in [6.45, 7) is 3.49. The highest BCUT2D eigenvalue weighted by Crippen LogP contribution is 2.14. The van der Waals surface area contributed by atoms with E-state index in [2.05, 4.69) is 24.3 Å². The van der Waals surface area contributed by atoms with Gasteiger partial charge < -0.3 is 20.2 Å². The Morgan fingerprint density at radius 1 is 1.37 bits per heavy atom. The molecule has 19 heavy (non-hydrogen) atoms. The lowest BCUT2D eigenvalue weighted by atomic mass is 10.0. The topological polar surface area (TPSA) is 72.9 Å². The maximum absolute atomic E-state index is 11.9. The standard InChI is InChI=1S/C13H25N3O3/c1-4-10(12(17)18)9-14-13(19)16-7-5-11(6-8-16)15(2)3/h10-11H,4-9H2,1-3H3,(H,14,19)(H,17,18). The van der Waals surface area contributed by atoms with E-state index in [0.717, 1.165) is 25.9 Å². The highest BCUT2D eigenvalue weighted by molar-refractivity contribution is 5.76. The minimum atomic E-state index is -0.853. The zero-order chi connectivity index (χ0) is 14.4. The Morgan fingerprint density at radius 2 is 1.95 bits per heavy atom. The quantitative estimate of drug-likeness (QED) is 0.777. The molecular weight excluding hydrogens is 246 g/mol. The number of carboxylic acids is 1. The zero-order valence-corrected chi connectivity index (χ0v) is 12.1. The van der Waals surface area contributed by atoms with Gasteiger partial charge in [-0.3, -0.25) is 4.79 Å². The molecule has 0 aliphatic carbocycles. The van der Waals surface area contributed by atoms with Gasteiger partial charge in [-0.1, -0.05) is 6.92 Å². The van der Waals surface area contributed by atoms with Crippen molar-refractivity contribution in [3.05, 3.63) is 0 Å². The van der Waals surface area contributed by atoms with Gasteiger partial charge in [0.05, 0.1) is 5.92 Å². The van der Waals surface area contributed by atoms with E-state index in [1.165, 1.54) is 0 Å². The first-order chi connectivity index (χ1) is 8.95. The molecule has 0 aromatic carbocycles. The molecule has 0 aromatic rings. The number of amides is 2. The van der Waals surface area contributed by atoms with Crippen LogP contribution in [0.4, 0.5) is 4.79 Å². The normalized spacial score (nSPS) is 18.4. The number of nitrogens with one attached hydrogen (secondary N) is 1. The molecule has 1 unspecified atom stereocenters. The second-order valence-corrected chi connectivity index (χ2v) is 5.31. The molecule has 0 aromatic heterocycles. The van der Waals surface area contributed by atoms with E-state index < -0.39 is 11.9 Å². The summed E-state index contributed by atoms with van der Waals surface area (Å²) in [5, 5.41) is 11.6. The fourth-order valence-corrected chi connectivity index (χ4v) is 2.31. The Labute approximate surface area is 114 Å². The summed E-state index contributed by atoms with van der Waals surface area (Å²) < 4.78 is 0. The number of carboxylic acid groups (broad SMARTS) is 1. The minimum Gasteiger partial charge on any atom is -0.481 e. The van der Waals surface area contributed by atoms with Crippen LogP contribution in [0.3, 0.4) is 0 Å². The Kier molecular flexibility index (Phi) is 6.08. The Hall–Kier alpha value is -1.30. The highest BCUT2D eigenvalue weighted by atomic mass is 16.4. The fraction of sp³-hybridized carbons (Fsp3) is 0.846. The van der Waals surface area contributed by atoms with Gasteiger partial charge in [0.25, 0.3) is 0 Å². The van der Waals surface area contributed by atoms with Gasteiger partial charge in [-0.2, -0.15) is 0 Å².